The highest BCUT2D eigenvalue weighted by Gasteiger charge is 2.36. The molecule has 1 aliphatic rings. The molecule has 2 aromatic rings. The Hall–Kier alpha value is -2.45. The number of ether oxygens (including phenoxy) is 3. The van der Waals surface area contributed by atoms with Crippen LogP contribution in [0.3, 0.4) is 0 Å². The Morgan fingerprint density at radius 1 is 1.27 bits per heavy atom. The lowest BCUT2D eigenvalue weighted by Crippen LogP contribution is -2.51. The van der Waals surface area contributed by atoms with Crippen LogP contribution < -0.4 is 4.74 Å². The van der Waals surface area contributed by atoms with Gasteiger partial charge in [-0.3, -0.25) is 4.79 Å². The quantitative estimate of drug-likeness (QED) is 0.805. The first-order valence-corrected chi connectivity index (χ1v) is 8.39. The summed E-state index contributed by atoms with van der Waals surface area (Å²) >= 11 is 0. The van der Waals surface area contributed by atoms with Gasteiger partial charge in [0.25, 0.3) is 11.8 Å². The third-order valence-corrected chi connectivity index (χ3v) is 4.45. The minimum absolute atomic E-state index is 0.0906. The maximum absolute atomic E-state index is 12.6. The lowest BCUT2D eigenvalue weighted by molar-refractivity contribution is -0.158. The second kappa shape index (κ2) is 7.43. The van der Waals surface area contributed by atoms with Crippen LogP contribution in [0.4, 0.5) is 0 Å². The molecule has 0 bridgehead atoms. The summed E-state index contributed by atoms with van der Waals surface area (Å²) in [6, 6.07) is 7.33. The predicted octanol–water partition coefficient (Wildman–Crippen LogP) is 2.07. The van der Waals surface area contributed by atoms with Crippen LogP contribution in [0.2, 0.25) is 0 Å². The van der Waals surface area contributed by atoms with Crippen molar-refractivity contribution in [2.45, 2.75) is 25.6 Å². The molecule has 8 nitrogen and oxygen atoms in total. The molecule has 1 aromatic heterocycles. The van der Waals surface area contributed by atoms with Crippen molar-refractivity contribution in [1.82, 2.24) is 15.0 Å². The van der Waals surface area contributed by atoms with Crippen molar-refractivity contribution in [1.29, 1.82) is 0 Å². The largest absolute Gasteiger partial charge is 0.497 e. The zero-order valence-corrected chi connectivity index (χ0v) is 15.4. The number of rotatable bonds is 5. The smallest absolute Gasteiger partial charge is 0.258 e. The van der Waals surface area contributed by atoms with Crippen LogP contribution in [0, 0.1) is 0 Å². The molecule has 1 amide bonds. The van der Waals surface area contributed by atoms with Gasteiger partial charge in [0.1, 0.15) is 17.5 Å². The van der Waals surface area contributed by atoms with Crippen LogP contribution in [0.25, 0.3) is 11.5 Å². The molecule has 3 rings (SSSR count). The molecule has 0 unspecified atom stereocenters. The molecule has 0 aliphatic carbocycles. The first-order chi connectivity index (χ1) is 12.4. The SMILES string of the molecule is COc1ccc(-c2nc([C@H]3CN(C(=O)C(C)(C)OC)CCO3)no2)cc1. The number of aromatic nitrogens is 2. The number of hydrogen-bond acceptors (Lipinski definition) is 7. The topological polar surface area (TPSA) is 86.9 Å². The summed E-state index contributed by atoms with van der Waals surface area (Å²) in [5, 5.41) is 4.02. The molecule has 1 aromatic carbocycles. The van der Waals surface area contributed by atoms with E-state index in [4.69, 9.17) is 18.7 Å². The average Bonchev–Trinajstić information content (AvgIpc) is 3.18. The Morgan fingerprint density at radius 3 is 2.65 bits per heavy atom. The van der Waals surface area contributed by atoms with Crippen LogP contribution in [0.1, 0.15) is 25.8 Å². The van der Waals surface area contributed by atoms with E-state index in [1.807, 2.05) is 24.3 Å². The minimum Gasteiger partial charge on any atom is -0.497 e. The molecule has 0 radical (unpaired) electrons. The second-order valence-corrected chi connectivity index (χ2v) is 6.51. The van der Waals surface area contributed by atoms with Crippen molar-refractivity contribution in [3.05, 3.63) is 30.1 Å². The number of hydrogen-bond donors (Lipinski definition) is 0. The Balaban J connectivity index is 1.73. The predicted molar refractivity (Wildman–Crippen MR) is 92.6 cm³/mol. The van der Waals surface area contributed by atoms with E-state index < -0.39 is 11.7 Å². The molecular weight excluding hydrogens is 338 g/mol. The number of carbonyl (C=O) groups is 1. The Kier molecular flexibility index (Phi) is 5.24. The molecule has 1 saturated heterocycles. The summed E-state index contributed by atoms with van der Waals surface area (Å²) < 4.78 is 21.5. The van der Waals surface area contributed by atoms with Gasteiger partial charge in [-0.05, 0) is 38.1 Å². The third-order valence-electron chi connectivity index (χ3n) is 4.45. The molecule has 26 heavy (non-hydrogen) atoms. The normalized spacial score (nSPS) is 18.0. The molecule has 8 heteroatoms. The molecule has 0 spiro atoms. The van der Waals surface area contributed by atoms with E-state index in [0.717, 1.165) is 11.3 Å². The number of methoxy groups -OCH3 is 2. The molecule has 140 valence electrons. The summed E-state index contributed by atoms with van der Waals surface area (Å²) in [5.41, 5.74) is -0.0956. The van der Waals surface area contributed by atoms with E-state index >= 15 is 0 Å². The Morgan fingerprint density at radius 2 is 2.00 bits per heavy atom. The van der Waals surface area contributed by atoms with Gasteiger partial charge in [-0.15, -0.1) is 0 Å². The van der Waals surface area contributed by atoms with Crippen molar-refractivity contribution in [2.24, 2.45) is 0 Å². The highest BCUT2D eigenvalue weighted by atomic mass is 16.5. The fourth-order valence-electron chi connectivity index (χ4n) is 2.67. The van der Waals surface area contributed by atoms with Crippen LogP contribution >= 0.6 is 0 Å². The van der Waals surface area contributed by atoms with Gasteiger partial charge in [0.2, 0.25) is 5.82 Å². The summed E-state index contributed by atoms with van der Waals surface area (Å²) in [5.74, 6) is 1.47. The van der Waals surface area contributed by atoms with Crippen molar-refractivity contribution in [3.8, 4) is 17.2 Å². The highest BCUT2D eigenvalue weighted by molar-refractivity contribution is 5.84. The van der Waals surface area contributed by atoms with E-state index in [9.17, 15) is 4.79 Å². The van der Waals surface area contributed by atoms with Gasteiger partial charge in [-0.1, -0.05) is 5.16 Å². The zero-order chi connectivity index (χ0) is 18.7. The van der Waals surface area contributed by atoms with E-state index in [0.29, 0.717) is 31.4 Å². The fraction of sp³-hybridized carbons (Fsp3) is 0.500. The van der Waals surface area contributed by atoms with Crippen molar-refractivity contribution < 1.29 is 23.5 Å². The van der Waals surface area contributed by atoms with E-state index in [1.54, 1.807) is 25.9 Å². The zero-order valence-electron chi connectivity index (χ0n) is 15.4. The number of morpholine rings is 1. The summed E-state index contributed by atoms with van der Waals surface area (Å²) in [4.78, 5) is 18.7. The molecule has 0 N–H and O–H groups in total. The summed E-state index contributed by atoms with van der Waals surface area (Å²) in [6.45, 7) is 4.76. The fourth-order valence-corrected chi connectivity index (χ4v) is 2.67. The summed E-state index contributed by atoms with van der Waals surface area (Å²) in [7, 11) is 3.13. The van der Waals surface area contributed by atoms with Gasteiger partial charge in [0, 0.05) is 19.2 Å². The van der Waals surface area contributed by atoms with Gasteiger partial charge in [0.15, 0.2) is 0 Å². The first-order valence-electron chi connectivity index (χ1n) is 8.39. The number of benzene rings is 1. The highest BCUT2D eigenvalue weighted by Crippen LogP contribution is 2.26. The Bertz CT molecular complexity index is 756. The van der Waals surface area contributed by atoms with Gasteiger partial charge in [-0.2, -0.15) is 4.98 Å². The van der Waals surface area contributed by atoms with Gasteiger partial charge in [0.05, 0.1) is 20.3 Å². The van der Waals surface area contributed by atoms with Crippen LogP contribution in [0.15, 0.2) is 28.8 Å². The Labute approximate surface area is 152 Å². The van der Waals surface area contributed by atoms with Gasteiger partial charge < -0.3 is 23.6 Å². The van der Waals surface area contributed by atoms with Crippen molar-refractivity contribution >= 4 is 5.91 Å². The molecular formula is C18H23N3O5. The van der Waals surface area contributed by atoms with E-state index in [-0.39, 0.29) is 5.91 Å². The number of nitrogens with zero attached hydrogens (tertiary/aromatic N) is 3. The monoisotopic (exact) mass is 361 g/mol. The first kappa shape index (κ1) is 18.3. The van der Waals surface area contributed by atoms with Crippen LogP contribution in [-0.2, 0) is 14.3 Å². The van der Waals surface area contributed by atoms with Crippen molar-refractivity contribution in [2.75, 3.05) is 33.9 Å². The lowest BCUT2D eigenvalue weighted by atomic mass is 10.1. The maximum Gasteiger partial charge on any atom is 0.258 e. The average molecular weight is 361 g/mol. The van der Waals surface area contributed by atoms with Crippen molar-refractivity contribution in [3.63, 3.8) is 0 Å². The van der Waals surface area contributed by atoms with Crippen LogP contribution in [0.5, 0.6) is 5.75 Å². The molecule has 1 aliphatic heterocycles. The standard InChI is InChI=1S/C18H23N3O5/c1-18(2,24-4)17(22)21-9-10-25-14(11-21)15-19-16(26-20-15)12-5-7-13(23-3)8-6-12/h5-8,14H,9-11H2,1-4H3/t14-/m1/s1. The van der Waals surface area contributed by atoms with Gasteiger partial charge in [-0.25, -0.2) is 0 Å². The lowest BCUT2D eigenvalue weighted by Gasteiger charge is -2.36. The number of amides is 1. The molecule has 0 saturated carbocycles. The van der Waals surface area contributed by atoms with Crippen LogP contribution in [-0.4, -0.2) is 60.5 Å². The molecule has 1 atom stereocenters. The second-order valence-electron chi connectivity index (χ2n) is 6.51. The minimum atomic E-state index is -0.882. The van der Waals surface area contributed by atoms with E-state index in [1.165, 1.54) is 7.11 Å². The number of carbonyl (C=O) groups excluding carboxylic acids is 1. The molecule has 2 heterocycles. The third kappa shape index (κ3) is 3.71. The van der Waals surface area contributed by atoms with E-state index in [2.05, 4.69) is 10.1 Å². The van der Waals surface area contributed by atoms with Gasteiger partial charge >= 0.3 is 0 Å². The summed E-state index contributed by atoms with van der Waals surface area (Å²) in [6.07, 6.45) is -0.434. The molecule has 1 fully saturated rings. The maximum atomic E-state index is 12.6.